The molecule has 1 aromatic carbocycles. The number of urea groups is 1. The second kappa shape index (κ2) is 12.1. The summed E-state index contributed by atoms with van der Waals surface area (Å²) in [5.41, 5.74) is 1.82. The van der Waals surface area contributed by atoms with E-state index in [1.807, 2.05) is 37.3 Å². The molecule has 0 radical (unpaired) electrons. The van der Waals surface area contributed by atoms with Crippen molar-refractivity contribution < 1.29 is 28.9 Å². The summed E-state index contributed by atoms with van der Waals surface area (Å²) in [6.45, 7) is 3.37. The fraction of sp³-hybridized carbons (Fsp3) is 0.536. The highest BCUT2D eigenvalue weighted by atomic mass is 16.8. The highest BCUT2D eigenvalue weighted by Gasteiger charge is 2.54. The average molecular weight is 566 g/mol. The van der Waals surface area contributed by atoms with Crippen LogP contribution < -0.4 is 16.0 Å². The van der Waals surface area contributed by atoms with Gasteiger partial charge in [-0.25, -0.2) is 19.7 Å². The summed E-state index contributed by atoms with van der Waals surface area (Å²) < 4.78 is 21.2. The van der Waals surface area contributed by atoms with Crippen LogP contribution in [0.25, 0.3) is 11.2 Å². The number of benzene rings is 1. The number of ether oxygens (including phenoxy) is 3. The number of hydrogen-bond acceptors (Lipinski definition) is 9. The number of imidazole rings is 1. The van der Waals surface area contributed by atoms with Crippen LogP contribution in [-0.4, -0.2) is 74.6 Å². The van der Waals surface area contributed by atoms with Gasteiger partial charge < -0.3 is 30.0 Å². The Labute approximate surface area is 237 Å². The lowest BCUT2D eigenvalue weighted by Crippen LogP contribution is -2.41. The molecule has 7 atom stereocenters. The highest BCUT2D eigenvalue weighted by Crippen LogP contribution is 2.44. The minimum Gasteiger partial charge on any atom is -0.481 e. The summed E-state index contributed by atoms with van der Waals surface area (Å²) in [6, 6.07) is 9.36. The number of anilines is 1. The molecule has 2 amide bonds. The number of aliphatic carboxylic acids is 1. The molecule has 41 heavy (non-hydrogen) atoms. The summed E-state index contributed by atoms with van der Waals surface area (Å²) in [5.74, 6) is -0.674. The van der Waals surface area contributed by atoms with Crippen molar-refractivity contribution in [2.75, 3.05) is 25.0 Å². The predicted octanol–water partition coefficient (Wildman–Crippen LogP) is 2.83. The number of carboxylic acids is 1. The van der Waals surface area contributed by atoms with Crippen LogP contribution >= 0.6 is 0 Å². The van der Waals surface area contributed by atoms with Gasteiger partial charge in [0.2, 0.25) is 0 Å². The average Bonchev–Trinajstić information content (AvgIpc) is 3.69. The molecule has 2 saturated heterocycles. The fourth-order valence-corrected chi connectivity index (χ4v) is 6.12. The number of aromatic nitrogens is 4. The van der Waals surface area contributed by atoms with Crippen molar-refractivity contribution in [3.63, 3.8) is 0 Å². The number of amides is 2. The molecule has 13 heteroatoms. The van der Waals surface area contributed by atoms with Gasteiger partial charge in [-0.05, 0) is 32.2 Å². The lowest BCUT2D eigenvalue weighted by atomic mass is 9.79. The van der Waals surface area contributed by atoms with Gasteiger partial charge in [0.1, 0.15) is 24.6 Å². The van der Waals surface area contributed by atoms with Gasteiger partial charge in [-0.1, -0.05) is 43.2 Å². The van der Waals surface area contributed by atoms with E-state index in [1.165, 1.54) is 6.33 Å². The van der Waals surface area contributed by atoms with Crippen molar-refractivity contribution in [1.82, 2.24) is 30.2 Å². The normalized spacial score (nSPS) is 29.3. The maximum Gasteiger partial charge on any atom is 0.320 e. The second-order valence-electron chi connectivity index (χ2n) is 10.7. The molecule has 1 aliphatic carbocycles. The van der Waals surface area contributed by atoms with Crippen LogP contribution in [0.2, 0.25) is 0 Å². The molecule has 4 N–H and O–H groups in total. The third-order valence-electron chi connectivity index (χ3n) is 8.10. The predicted molar refractivity (Wildman–Crippen MR) is 147 cm³/mol. The van der Waals surface area contributed by atoms with E-state index < -0.39 is 24.6 Å². The highest BCUT2D eigenvalue weighted by molar-refractivity contribution is 5.95. The molecule has 1 saturated carbocycles. The molecular formula is C28H35N7O6. The first kappa shape index (κ1) is 27.5. The van der Waals surface area contributed by atoms with E-state index in [-0.39, 0.29) is 30.1 Å². The van der Waals surface area contributed by atoms with Gasteiger partial charge in [0.15, 0.2) is 29.5 Å². The maximum absolute atomic E-state index is 12.1. The number of nitrogens with zero attached hydrogens (tertiary/aromatic N) is 4. The summed E-state index contributed by atoms with van der Waals surface area (Å²) in [4.78, 5) is 37.0. The first-order valence-corrected chi connectivity index (χ1v) is 14.2. The van der Waals surface area contributed by atoms with E-state index >= 15 is 0 Å². The van der Waals surface area contributed by atoms with Gasteiger partial charge in [-0.15, -0.1) is 0 Å². The molecule has 6 rings (SSSR count). The number of fused-ring (bicyclic) bond motifs is 2. The van der Waals surface area contributed by atoms with Gasteiger partial charge in [0, 0.05) is 18.7 Å². The van der Waals surface area contributed by atoms with Crippen LogP contribution in [-0.2, 0) is 19.0 Å². The van der Waals surface area contributed by atoms with E-state index in [0.29, 0.717) is 36.6 Å². The van der Waals surface area contributed by atoms with Crippen LogP contribution in [0.1, 0.15) is 50.7 Å². The maximum atomic E-state index is 12.1. The minimum atomic E-state index is -0.720. The monoisotopic (exact) mass is 565 g/mol. The lowest BCUT2D eigenvalue weighted by Gasteiger charge is -2.29. The van der Waals surface area contributed by atoms with Gasteiger partial charge in [0.05, 0.1) is 12.2 Å². The standard InChI is InChI=1S/C28H35N7O6/c1-2-30-28(38)34-23-20-24(32-14-31-23)35(15-33-20)25-22-21(40-27(41-22)16-8-4-3-5-9-16)19(39-25)13-29-12-17-10-6-7-11-18(17)26(36)37/h3-5,8-9,14-15,17-19,21-22,25,27,29H,2,6-7,10-13H2,1H3,(H,36,37)(H2,30,31,32,34,38)/t17?,18?,19?,21?,22?,25?,27-/m0/s1. The summed E-state index contributed by atoms with van der Waals surface area (Å²) >= 11 is 0. The summed E-state index contributed by atoms with van der Waals surface area (Å²) in [6.07, 6.45) is 4.24. The van der Waals surface area contributed by atoms with E-state index in [4.69, 9.17) is 14.2 Å². The Morgan fingerprint density at radius 3 is 2.63 bits per heavy atom. The van der Waals surface area contributed by atoms with Gasteiger partial charge in [-0.2, -0.15) is 0 Å². The molecule has 3 aromatic rings. The molecule has 0 spiro atoms. The Balaban J connectivity index is 1.23. The first-order valence-electron chi connectivity index (χ1n) is 14.2. The van der Waals surface area contributed by atoms with Crippen LogP contribution in [0.4, 0.5) is 10.6 Å². The number of carboxylic acid groups (broad SMARTS) is 1. The second-order valence-corrected chi connectivity index (χ2v) is 10.7. The van der Waals surface area contributed by atoms with Crippen molar-refractivity contribution in [2.24, 2.45) is 11.8 Å². The van der Waals surface area contributed by atoms with Crippen molar-refractivity contribution in [3.8, 4) is 0 Å². The molecule has 6 unspecified atom stereocenters. The smallest absolute Gasteiger partial charge is 0.320 e. The number of carbonyl (C=O) groups excluding carboxylic acids is 1. The van der Waals surface area contributed by atoms with Gasteiger partial charge in [-0.3, -0.25) is 14.7 Å². The van der Waals surface area contributed by atoms with E-state index in [0.717, 1.165) is 31.2 Å². The molecule has 2 aliphatic heterocycles. The molecule has 13 nitrogen and oxygen atoms in total. The van der Waals surface area contributed by atoms with Crippen LogP contribution in [0.3, 0.4) is 0 Å². The lowest BCUT2D eigenvalue weighted by molar-refractivity contribution is -0.147. The summed E-state index contributed by atoms with van der Waals surface area (Å²) in [7, 11) is 0. The Morgan fingerprint density at radius 1 is 1.02 bits per heavy atom. The van der Waals surface area contributed by atoms with Crippen molar-refractivity contribution in [3.05, 3.63) is 48.5 Å². The molecular weight excluding hydrogens is 530 g/mol. The Kier molecular flexibility index (Phi) is 8.10. The topological polar surface area (TPSA) is 162 Å². The van der Waals surface area contributed by atoms with E-state index in [1.54, 1.807) is 10.9 Å². The zero-order valence-corrected chi connectivity index (χ0v) is 22.8. The number of rotatable bonds is 9. The van der Waals surface area contributed by atoms with Gasteiger partial charge in [0.25, 0.3) is 0 Å². The van der Waals surface area contributed by atoms with Crippen LogP contribution in [0.15, 0.2) is 43.0 Å². The SMILES string of the molecule is CCNC(=O)Nc1ncnc2c1ncn2C1OC(CNCC2CCCCC2C(=O)O)C2O[C@H](c3ccccc3)OC21. The fourth-order valence-electron chi connectivity index (χ4n) is 6.12. The number of hydrogen-bond donors (Lipinski definition) is 4. The molecule has 0 bridgehead atoms. The van der Waals surface area contributed by atoms with Crippen molar-refractivity contribution in [1.29, 1.82) is 0 Å². The van der Waals surface area contributed by atoms with Gasteiger partial charge >= 0.3 is 12.0 Å². The first-order chi connectivity index (χ1) is 20.0. The molecule has 218 valence electrons. The third kappa shape index (κ3) is 5.62. The van der Waals surface area contributed by atoms with E-state index in [9.17, 15) is 14.7 Å². The Morgan fingerprint density at radius 2 is 1.83 bits per heavy atom. The summed E-state index contributed by atoms with van der Waals surface area (Å²) in [5, 5.41) is 18.5. The number of nitrogens with one attached hydrogen (secondary N) is 3. The zero-order chi connectivity index (χ0) is 28.3. The van der Waals surface area contributed by atoms with Crippen molar-refractivity contribution in [2.45, 2.75) is 63.4 Å². The molecule has 4 heterocycles. The van der Waals surface area contributed by atoms with Crippen LogP contribution in [0.5, 0.6) is 0 Å². The minimum absolute atomic E-state index is 0.0807. The Bertz CT molecular complexity index is 1370. The quantitative estimate of drug-likeness (QED) is 0.304. The number of carbonyl (C=O) groups is 2. The van der Waals surface area contributed by atoms with E-state index in [2.05, 4.69) is 30.9 Å². The zero-order valence-electron chi connectivity index (χ0n) is 22.8. The van der Waals surface area contributed by atoms with Crippen LogP contribution in [0, 0.1) is 11.8 Å². The Hall–Kier alpha value is -3.65. The molecule has 3 aliphatic rings. The molecule has 2 aromatic heterocycles. The van der Waals surface area contributed by atoms with Crippen molar-refractivity contribution >= 4 is 29.0 Å². The third-order valence-corrected chi connectivity index (χ3v) is 8.10. The molecule has 3 fully saturated rings. The largest absolute Gasteiger partial charge is 0.481 e.